The predicted molar refractivity (Wildman–Crippen MR) is 66.6 cm³/mol. The monoisotopic (exact) mass is 303 g/mol. The molecule has 1 saturated heterocycles. The first-order valence-corrected chi connectivity index (χ1v) is 5.82. The normalized spacial score (nSPS) is 23.9. The van der Waals surface area contributed by atoms with Crippen LogP contribution in [0, 0.1) is 0 Å². The van der Waals surface area contributed by atoms with Crippen molar-refractivity contribution in [1.29, 1.82) is 0 Å². The third kappa shape index (κ3) is 2.17. The Bertz CT molecular complexity index is 291. The molecule has 0 aromatic carbocycles. The van der Waals surface area contributed by atoms with Crippen molar-refractivity contribution >= 4 is 28.7 Å². The fraction of sp³-hybridized carbons (Fsp3) is 0.500. The molecule has 2 heterocycles. The molecule has 14 heavy (non-hydrogen) atoms. The fourth-order valence-corrected chi connectivity index (χ4v) is 2.08. The molecule has 0 N–H and O–H groups in total. The van der Waals surface area contributed by atoms with Crippen LogP contribution >= 0.6 is 22.9 Å². The van der Waals surface area contributed by atoms with Gasteiger partial charge in [0.25, 0.3) is 0 Å². The Morgan fingerprint density at radius 3 is 2.93 bits per heavy atom. The van der Waals surface area contributed by atoms with Gasteiger partial charge in [-0.3, -0.25) is 0 Å². The van der Waals surface area contributed by atoms with E-state index in [1.165, 1.54) is 0 Å². The van der Waals surface area contributed by atoms with E-state index in [2.05, 4.69) is 48.9 Å². The van der Waals surface area contributed by atoms with E-state index < -0.39 is 0 Å². The van der Waals surface area contributed by atoms with Crippen molar-refractivity contribution in [1.82, 2.24) is 8.10 Å². The summed E-state index contributed by atoms with van der Waals surface area (Å²) < 4.78 is 2.36. The molecule has 1 aromatic heterocycles. The van der Waals surface area contributed by atoms with Gasteiger partial charge in [0.2, 0.25) is 0 Å². The first-order chi connectivity index (χ1) is 6.77. The second kappa shape index (κ2) is 4.44. The van der Waals surface area contributed by atoms with Gasteiger partial charge in [-0.2, -0.15) is 0 Å². The number of pyridine rings is 1. The summed E-state index contributed by atoms with van der Waals surface area (Å²) in [5, 5.41) is 0. The SMILES string of the molecule is C[C@H]1CN(c2ccccn2)CCN1I. The van der Waals surface area contributed by atoms with E-state index in [0.29, 0.717) is 6.04 Å². The molecular formula is C10H14IN3. The van der Waals surface area contributed by atoms with Crippen molar-refractivity contribution in [2.75, 3.05) is 24.5 Å². The Hall–Kier alpha value is -0.360. The molecule has 1 aliphatic rings. The van der Waals surface area contributed by atoms with Crippen LogP contribution in [0.5, 0.6) is 0 Å². The van der Waals surface area contributed by atoms with Gasteiger partial charge in [0, 0.05) is 54.7 Å². The summed E-state index contributed by atoms with van der Waals surface area (Å²) in [6, 6.07) is 6.69. The second-order valence-electron chi connectivity index (χ2n) is 3.61. The molecule has 0 unspecified atom stereocenters. The topological polar surface area (TPSA) is 19.4 Å². The van der Waals surface area contributed by atoms with Gasteiger partial charge in [0.1, 0.15) is 5.82 Å². The van der Waals surface area contributed by atoms with Crippen LogP contribution in [0.2, 0.25) is 0 Å². The minimum absolute atomic E-state index is 0.603. The molecule has 4 heteroatoms. The van der Waals surface area contributed by atoms with Crippen LogP contribution in [-0.4, -0.2) is 33.8 Å². The number of anilines is 1. The highest BCUT2D eigenvalue weighted by molar-refractivity contribution is 14.1. The van der Waals surface area contributed by atoms with Crippen LogP contribution in [-0.2, 0) is 0 Å². The summed E-state index contributed by atoms with van der Waals surface area (Å²) in [6.45, 7) is 5.50. The van der Waals surface area contributed by atoms with Crippen LogP contribution in [0.15, 0.2) is 24.4 Å². The predicted octanol–water partition coefficient (Wildman–Crippen LogP) is 1.94. The maximum absolute atomic E-state index is 4.37. The van der Waals surface area contributed by atoms with Crippen LogP contribution in [0.3, 0.4) is 0 Å². The number of nitrogens with zero attached hydrogens (tertiary/aromatic N) is 3. The Labute approximate surface area is 98.6 Å². The summed E-state index contributed by atoms with van der Waals surface area (Å²) in [7, 11) is 0. The maximum Gasteiger partial charge on any atom is 0.128 e. The standard InChI is InChI=1S/C10H14IN3/c1-9-8-13(6-7-14(9)11)10-4-2-3-5-12-10/h2-5,9H,6-8H2,1H3/t9-/m0/s1. The molecule has 1 atom stereocenters. The smallest absolute Gasteiger partial charge is 0.128 e. The lowest BCUT2D eigenvalue weighted by atomic mass is 10.2. The first-order valence-electron chi connectivity index (χ1n) is 4.86. The van der Waals surface area contributed by atoms with Gasteiger partial charge in [-0.05, 0) is 19.1 Å². The van der Waals surface area contributed by atoms with Crippen molar-refractivity contribution in [3.63, 3.8) is 0 Å². The van der Waals surface area contributed by atoms with Crippen molar-refractivity contribution in [2.45, 2.75) is 13.0 Å². The highest BCUT2D eigenvalue weighted by Crippen LogP contribution is 2.18. The van der Waals surface area contributed by atoms with E-state index in [1.807, 2.05) is 18.3 Å². The summed E-state index contributed by atoms with van der Waals surface area (Å²) in [5.74, 6) is 1.10. The van der Waals surface area contributed by atoms with Gasteiger partial charge >= 0.3 is 0 Å². The van der Waals surface area contributed by atoms with E-state index >= 15 is 0 Å². The first kappa shape index (κ1) is 10.2. The van der Waals surface area contributed by atoms with Gasteiger partial charge < -0.3 is 4.90 Å². The van der Waals surface area contributed by atoms with E-state index in [9.17, 15) is 0 Å². The van der Waals surface area contributed by atoms with Gasteiger partial charge in [0.05, 0.1) is 0 Å². The molecule has 2 rings (SSSR count). The number of aromatic nitrogens is 1. The van der Waals surface area contributed by atoms with Gasteiger partial charge in [0.15, 0.2) is 0 Å². The molecule has 0 spiro atoms. The third-order valence-electron chi connectivity index (χ3n) is 2.52. The Balaban J connectivity index is 2.07. The molecular weight excluding hydrogens is 289 g/mol. The molecule has 0 bridgehead atoms. The minimum atomic E-state index is 0.603. The van der Waals surface area contributed by atoms with E-state index in [4.69, 9.17) is 0 Å². The highest BCUT2D eigenvalue weighted by atomic mass is 127. The molecule has 0 amide bonds. The molecule has 0 saturated carbocycles. The zero-order valence-electron chi connectivity index (χ0n) is 8.23. The third-order valence-corrected chi connectivity index (χ3v) is 3.95. The molecule has 3 nitrogen and oxygen atoms in total. The number of hydrogen-bond donors (Lipinski definition) is 0. The molecule has 1 aliphatic heterocycles. The number of piperazine rings is 1. The number of halogens is 1. The maximum atomic E-state index is 4.37. The van der Waals surface area contributed by atoms with Crippen LogP contribution in [0.4, 0.5) is 5.82 Å². The van der Waals surface area contributed by atoms with E-state index in [1.54, 1.807) is 0 Å². The average molecular weight is 303 g/mol. The van der Waals surface area contributed by atoms with E-state index in [-0.39, 0.29) is 0 Å². The quantitative estimate of drug-likeness (QED) is 0.584. The van der Waals surface area contributed by atoms with Crippen LogP contribution in [0.1, 0.15) is 6.92 Å². The fourth-order valence-electron chi connectivity index (χ4n) is 1.68. The summed E-state index contributed by atoms with van der Waals surface area (Å²) in [5.41, 5.74) is 0. The van der Waals surface area contributed by atoms with Crippen LogP contribution in [0.25, 0.3) is 0 Å². The highest BCUT2D eigenvalue weighted by Gasteiger charge is 2.22. The second-order valence-corrected chi connectivity index (χ2v) is 4.85. The number of hydrogen-bond acceptors (Lipinski definition) is 3. The summed E-state index contributed by atoms with van der Waals surface area (Å²) in [4.78, 5) is 6.71. The van der Waals surface area contributed by atoms with Gasteiger partial charge in [-0.1, -0.05) is 6.07 Å². The van der Waals surface area contributed by atoms with Crippen LogP contribution < -0.4 is 4.90 Å². The molecule has 1 aromatic rings. The van der Waals surface area contributed by atoms with Crippen molar-refractivity contribution in [3.05, 3.63) is 24.4 Å². The Morgan fingerprint density at radius 2 is 2.29 bits per heavy atom. The van der Waals surface area contributed by atoms with Gasteiger partial charge in [-0.25, -0.2) is 8.10 Å². The Kier molecular flexibility index (Phi) is 3.22. The molecule has 0 radical (unpaired) electrons. The average Bonchev–Trinajstić information content (AvgIpc) is 2.23. The zero-order chi connectivity index (χ0) is 9.97. The van der Waals surface area contributed by atoms with Gasteiger partial charge in [-0.15, -0.1) is 0 Å². The van der Waals surface area contributed by atoms with E-state index in [0.717, 1.165) is 25.5 Å². The molecule has 0 aliphatic carbocycles. The minimum Gasteiger partial charge on any atom is -0.354 e. The lowest BCUT2D eigenvalue weighted by Crippen LogP contribution is -2.47. The summed E-state index contributed by atoms with van der Waals surface area (Å²) >= 11 is 2.40. The molecule has 76 valence electrons. The van der Waals surface area contributed by atoms with Crippen molar-refractivity contribution in [2.24, 2.45) is 0 Å². The van der Waals surface area contributed by atoms with Crippen molar-refractivity contribution < 1.29 is 0 Å². The largest absolute Gasteiger partial charge is 0.354 e. The summed E-state index contributed by atoms with van der Waals surface area (Å²) in [6.07, 6.45) is 1.86. The number of rotatable bonds is 1. The molecule has 1 fully saturated rings. The van der Waals surface area contributed by atoms with Crippen molar-refractivity contribution in [3.8, 4) is 0 Å². The lowest BCUT2D eigenvalue weighted by molar-refractivity contribution is 0.362. The zero-order valence-corrected chi connectivity index (χ0v) is 10.4. The lowest BCUT2D eigenvalue weighted by Gasteiger charge is -2.36. The Morgan fingerprint density at radius 1 is 1.43 bits per heavy atom.